The van der Waals surface area contributed by atoms with Gasteiger partial charge in [-0.15, -0.1) is 11.3 Å². The van der Waals surface area contributed by atoms with Gasteiger partial charge in [0.25, 0.3) is 5.91 Å². The van der Waals surface area contributed by atoms with Crippen LogP contribution in [0, 0.1) is 5.92 Å². The van der Waals surface area contributed by atoms with E-state index in [9.17, 15) is 9.59 Å². The standard InChI is InChI=1S/C23H30N4O2S/c1-16-8-9-18-19(14-16)30-23(21(18)22(29)24-17-6-4-3-5-7-17)25-20(28)15-27-12-10-26(2)11-13-27/h3-7,16H,8-15H2,1-2H3,(H,24,29)(H,25,28). The molecule has 2 N–H and O–H groups in total. The van der Waals surface area contributed by atoms with Gasteiger partial charge in [-0.25, -0.2) is 0 Å². The largest absolute Gasteiger partial charge is 0.322 e. The molecule has 0 radical (unpaired) electrons. The predicted molar refractivity (Wildman–Crippen MR) is 122 cm³/mol. The van der Waals surface area contributed by atoms with Gasteiger partial charge in [0.05, 0.1) is 12.1 Å². The van der Waals surface area contributed by atoms with Crippen molar-refractivity contribution in [1.29, 1.82) is 0 Å². The van der Waals surface area contributed by atoms with Gasteiger partial charge >= 0.3 is 0 Å². The van der Waals surface area contributed by atoms with Gasteiger partial charge in [-0.3, -0.25) is 14.5 Å². The van der Waals surface area contributed by atoms with Gasteiger partial charge in [-0.1, -0.05) is 25.1 Å². The van der Waals surface area contributed by atoms with E-state index in [0.717, 1.165) is 56.7 Å². The fourth-order valence-electron chi connectivity index (χ4n) is 4.17. The Morgan fingerprint density at radius 2 is 1.83 bits per heavy atom. The number of fused-ring (bicyclic) bond motifs is 1. The highest BCUT2D eigenvalue weighted by molar-refractivity contribution is 7.17. The summed E-state index contributed by atoms with van der Waals surface area (Å²) in [4.78, 5) is 31.7. The molecule has 1 saturated heterocycles. The van der Waals surface area contributed by atoms with Crippen molar-refractivity contribution < 1.29 is 9.59 Å². The van der Waals surface area contributed by atoms with Gasteiger partial charge in [-0.2, -0.15) is 0 Å². The second-order valence-electron chi connectivity index (χ2n) is 8.50. The second-order valence-corrected chi connectivity index (χ2v) is 9.61. The highest BCUT2D eigenvalue weighted by atomic mass is 32.1. The van der Waals surface area contributed by atoms with E-state index in [0.29, 0.717) is 23.0 Å². The highest BCUT2D eigenvalue weighted by Gasteiger charge is 2.29. The molecule has 1 unspecified atom stereocenters. The lowest BCUT2D eigenvalue weighted by atomic mass is 9.88. The van der Waals surface area contributed by atoms with Crippen molar-refractivity contribution in [3.8, 4) is 0 Å². The SMILES string of the molecule is CC1CCc2c(sc(NC(=O)CN3CCN(C)CC3)c2C(=O)Nc2ccccc2)C1. The minimum atomic E-state index is -0.136. The van der Waals surface area contributed by atoms with Crippen LogP contribution in [0.3, 0.4) is 0 Å². The number of nitrogens with zero attached hydrogens (tertiary/aromatic N) is 2. The summed E-state index contributed by atoms with van der Waals surface area (Å²) in [6, 6.07) is 9.49. The number of benzene rings is 1. The Kier molecular flexibility index (Phi) is 6.51. The number of likely N-dealkylation sites (N-methyl/N-ethyl adjacent to an activating group) is 1. The summed E-state index contributed by atoms with van der Waals surface area (Å²) in [7, 11) is 2.10. The van der Waals surface area contributed by atoms with Crippen LogP contribution in [0.4, 0.5) is 10.7 Å². The number of thiophene rings is 1. The molecule has 2 heterocycles. The first-order chi connectivity index (χ1) is 14.5. The first-order valence-electron chi connectivity index (χ1n) is 10.7. The molecular formula is C23H30N4O2S. The normalized spacial score (nSPS) is 19.9. The van der Waals surface area contributed by atoms with Crippen molar-refractivity contribution in [1.82, 2.24) is 9.80 Å². The van der Waals surface area contributed by atoms with Crippen LogP contribution in [0.1, 0.15) is 34.1 Å². The van der Waals surface area contributed by atoms with Gasteiger partial charge in [0, 0.05) is 36.7 Å². The Hall–Kier alpha value is -2.22. The van der Waals surface area contributed by atoms with E-state index in [-0.39, 0.29) is 11.8 Å². The molecule has 30 heavy (non-hydrogen) atoms. The smallest absolute Gasteiger partial charge is 0.258 e. The van der Waals surface area contributed by atoms with Crippen molar-refractivity contribution in [2.75, 3.05) is 50.4 Å². The molecule has 7 heteroatoms. The predicted octanol–water partition coefficient (Wildman–Crippen LogP) is 3.31. The molecule has 2 aromatic rings. The number of piperazine rings is 1. The number of rotatable bonds is 5. The highest BCUT2D eigenvalue weighted by Crippen LogP contribution is 2.40. The number of para-hydroxylation sites is 1. The third-order valence-electron chi connectivity index (χ3n) is 5.99. The summed E-state index contributed by atoms with van der Waals surface area (Å²) < 4.78 is 0. The molecule has 6 nitrogen and oxygen atoms in total. The number of hydrogen-bond acceptors (Lipinski definition) is 5. The number of carbonyl (C=O) groups excluding carboxylic acids is 2. The molecule has 0 spiro atoms. The molecule has 1 aliphatic heterocycles. The van der Waals surface area contributed by atoms with Gasteiger partial charge < -0.3 is 15.5 Å². The Balaban J connectivity index is 1.52. The lowest BCUT2D eigenvalue weighted by molar-refractivity contribution is -0.117. The van der Waals surface area contributed by atoms with Crippen LogP contribution in [0.15, 0.2) is 30.3 Å². The lowest BCUT2D eigenvalue weighted by Crippen LogP contribution is -2.47. The molecule has 4 rings (SSSR count). The van der Waals surface area contributed by atoms with E-state index in [1.165, 1.54) is 4.88 Å². The first kappa shape index (κ1) is 21.0. The fraction of sp³-hybridized carbons (Fsp3) is 0.478. The van der Waals surface area contributed by atoms with E-state index >= 15 is 0 Å². The van der Waals surface area contributed by atoms with E-state index in [4.69, 9.17) is 0 Å². The molecule has 1 aromatic heterocycles. The maximum atomic E-state index is 13.2. The fourth-order valence-corrected chi connectivity index (χ4v) is 5.59. The zero-order valence-electron chi connectivity index (χ0n) is 17.7. The van der Waals surface area contributed by atoms with E-state index in [1.807, 2.05) is 30.3 Å². The zero-order chi connectivity index (χ0) is 21.1. The maximum Gasteiger partial charge on any atom is 0.258 e. The van der Waals surface area contributed by atoms with E-state index in [1.54, 1.807) is 11.3 Å². The average molecular weight is 427 g/mol. The molecular weight excluding hydrogens is 396 g/mol. The molecule has 160 valence electrons. The summed E-state index contributed by atoms with van der Waals surface area (Å²) in [6.45, 7) is 6.35. The molecule has 2 aliphatic rings. The maximum absolute atomic E-state index is 13.2. The summed E-state index contributed by atoms with van der Waals surface area (Å²) in [6.07, 6.45) is 2.93. The number of nitrogens with one attached hydrogen (secondary N) is 2. The summed E-state index contributed by atoms with van der Waals surface area (Å²) in [5.74, 6) is 0.429. The van der Waals surface area contributed by atoms with Crippen molar-refractivity contribution in [2.24, 2.45) is 5.92 Å². The molecule has 0 bridgehead atoms. The minimum Gasteiger partial charge on any atom is -0.322 e. The summed E-state index contributed by atoms with van der Waals surface area (Å²) >= 11 is 1.58. The van der Waals surface area contributed by atoms with Crippen LogP contribution >= 0.6 is 11.3 Å². The summed E-state index contributed by atoms with van der Waals surface area (Å²) in [5, 5.41) is 6.77. The molecule has 0 saturated carbocycles. The number of anilines is 2. The topological polar surface area (TPSA) is 64.7 Å². The van der Waals surface area contributed by atoms with Crippen molar-refractivity contribution in [2.45, 2.75) is 26.2 Å². The first-order valence-corrected chi connectivity index (χ1v) is 11.5. The van der Waals surface area contributed by atoms with E-state index in [2.05, 4.69) is 34.4 Å². The van der Waals surface area contributed by atoms with Crippen molar-refractivity contribution in [3.05, 3.63) is 46.3 Å². The average Bonchev–Trinajstić information content (AvgIpc) is 3.07. The van der Waals surface area contributed by atoms with E-state index < -0.39 is 0 Å². The molecule has 1 aliphatic carbocycles. The van der Waals surface area contributed by atoms with Gasteiger partial charge in [0.2, 0.25) is 5.91 Å². The Morgan fingerprint density at radius 1 is 1.10 bits per heavy atom. The minimum absolute atomic E-state index is 0.0417. The van der Waals surface area contributed by atoms with Crippen molar-refractivity contribution in [3.63, 3.8) is 0 Å². The van der Waals surface area contributed by atoms with Crippen molar-refractivity contribution >= 4 is 33.8 Å². The van der Waals surface area contributed by atoms with Gasteiger partial charge in [0.1, 0.15) is 5.00 Å². The third-order valence-corrected chi connectivity index (χ3v) is 7.16. The Labute approximate surface area is 182 Å². The van der Waals surface area contributed by atoms with Crippen LogP contribution < -0.4 is 10.6 Å². The van der Waals surface area contributed by atoms with Crippen LogP contribution in [0.5, 0.6) is 0 Å². The molecule has 1 atom stereocenters. The lowest BCUT2D eigenvalue weighted by Gasteiger charge is -2.31. The third kappa shape index (κ3) is 4.91. The molecule has 2 amide bonds. The Morgan fingerprint density at radius 3 is 2.57 bits per heavy atom. The second kappa shape index (κ2) is 9.29. The number of hydrogen-bond donors (Lipinski definition) is 2. The quantitative estimate of drug-likeness (QED) is 0.770. The van der Waals surface area contributed by atoms with Crippen LogP contribution in [-0.4, -0.2) is 61.4 Å². The monoisotopic (exact) mass is 426 g/mol. The van der Waals surface area contributed by atoms with Crippen LogP contribution in [-0.2, 0) is 17.6 Å². The summed E-state index contributed by atoms with van der Waals surface area (Å²) in [5.41, 5.74) is 2.53. The Bertz CT molecular complexity index is 903. The molecule has 1 fully saturated rings. The number of amides is 2. The van der Waals surface area contributed by atoms with Crippen LogP contribution in [0.2, 0.25) is 0 Å². The zero-order valence-corrected chi connectivity index (χ0v) is 18.6. The molecule has 1 aromatic carbocycles. The number of carbonyl (C=O) groups is 2. The van der Waals surface area contributed by atoms with Crippen LogP contribution in [0.25, 0.3) is 0 Å². The van der Waals surface area contributed by atoms with Gasteiger partial charge in [-0.05, 0) is 49.9 Å². The van der Waals surface area contributed by atoms with Gasteiger partial charge in [0.15, 0.2) is 0 Å².